The average Bonchev–Trinajstić information content (AvgIpc) is 2.93. The van der Waals surface area contributed by atoms with Gasteiger partial charge in [-0.25, -0.2) is 0 Å². The second-order valence-electron chi connectivity index (χ2n) is 4.29. The van der Waals surface area contributed by atoms with E-state index in [-0.39, 0.29) is 11.2 Å². The van der Waals surface area contributed by atoms with E-state index >= 15 is 0 Å². The van der Waals surface area contributed by atoms with E-state index in [1.54, 1.807) is 0 Å². The van der Waals surface area contributed by atoms with Crippen LogP contribution < -0.4 is 5.32 Å². The molecule has 2 nitrogen and oxygen atoms in total. The molecule has 4 heteroatoms. The molecule has 0 aromatic carbocycles. The van der Waals surface area contributed by atoms with Crippen molar-refractivity contribution in [2.24, 2.45) is 5.92 Å². The van der Waals surface area contributed by atoms with Crippen LogP contribution in [0.1, 0.15) is 26.7 Å². The van der Waals surface area contributed by atoms with Gasteiger partial charge in [0.25, 0.3) is 0 Å². The number of rotatable bonds is 5. The minimum atomic E-state index is -0.173. The van der Waals surface area contributed by atoms with Gasteiger partial charge in [-0.3, -0.25) is 4.79 Å². The number of carbonyl (C=O) groups is 1. The molecule has 1 aliphatic carbocycles. The van der Waals surface area contributed by atoms with Crippen molar-refractivity contribution >= 4 is 30.3 Å². The van der Waals surface area contributed by atoms with E-state index in [1.807, 2.05) is 25.6 Å². The largest absolute Gasteiger partial charge is 0.354 e. The second kappa shape index (κ2) is 4.79. The van der Waals surface area contributed by atoms with Gasteiger partial charge in [-0.15, -0.1) is 0 Å². The van der Waals surface area contributed by atoms with E-state index in [2.05, 4.69) is 24.2 Å². The smallest absolute Gasteiger partial charge is 0.233 e. The fraction of sp³-hybridized carbons (Fsp3) is 0.900. The standard InChI is InChI=1S/C10H19NOS2/c1-7(2)8(13)9(12)11-6-10(14-3)4-5-10/h7-8,13H,4-6H2,1-3H3,(H,11,12). The first-order valence-corrected chi connectivity index (χ1v) is 6.76. The average molecular weight is 233 g/mol. The summed E-state index contributed by atoms with van der Waals surface area (Å²) in [6.07, 6.45) is 4.57. The van der Waals surface area contributed by atoms with Gasteiger partial charge in [0, 0.05) is 11.3 Å². The molecule has 0 aromatic rings. The molecule has 0 radical (unpaired) electrons. The first-order valence-electron chi connectivity index (χ1n) is 5.02. The highest BCUT2D eigenvalue weighted by Gasteiger charge is 2.42. The normalized spacial score (nSPS) is 20.6. The molecule has 1 saturated carbocycles. The van der Waals surface area contributed by atoms with Crippen molar-refractivity contribution in [2.75, 3.05) is 12.8 Å². The van der Waals surface area contributed by atoms with Gasteiger partial charge in [0.1, 0.15) is 0 Å². The maximum atomic E-state index is 11.6. The topological polar surface area (TPSA) is 29.1 Å². The summed E-state index contributed by atoms with van der Waals surface area (Å²) >= 11 is 6.14. The Kier molecular flexibility index (Phi) is 4.19. The monoisotopic (exact) mass is 233 g/mol. The van der Waals surface area contributed by atoms with Gasteiger partial charge < -0.3 is 5.32 Å². The summed E-state index contributed by atoms with van der Waals surface area (Å²) in [5.74, 6) is 0.367. The summed E-state index contributed by atoms with van der Waals surface area (Å²) in [5, 5.41) is 2.81. The number of carbonyl (C=O) groups excluding carboxylic acids is 1. The Morgan fingerprint density at radius 2 is 2.14 bits per heavy atom. The predicted octanol–water partition coefficient (Wildman–Crippen LogP) is 1.95. The lowest BCUT2D eigenvalue weighted by Gasteiger charge is -2.17. The zero-order valence-electron chi connectivity index (χ0n) is 9.04. The number of hydrogen-bond donors (Lipinski definition) is 2. The van der Waals surface area contributed by atoms with Crippen molar-refractivity contribution in [3.05, 3.63) is 0 Å². The van der Waals surface area contributed by atoms with E-state index in [0.29, 0.717) is 10.7 Å². The minimum Gasteiger partial charge on any atom is -0.354 e. The van der Waals surface area contributed by atoms with Crippen molar-refractivity contribution < 1.29 is 4.79 Å². The van der Waals surface area contributed by atoms with Crippen LogP contribution in [0.3, 0.4) is 0 Å². The zero-order valence-corrected chi connectivity index (χ0v) is 10.8. The molecule has 1 fully saturated rings. The number of hydrogen-bond acceptors (Lipinski definition) is 3. The van der Waals surface area contributed by atoms with E-state index in [4.69, 9.17) is 0 Å². The summed E-state index contributed by atoms with van der Waals surface area (Å²) in [6, 6.07) is 0. The SMILES string of the molecule is CSC1(CNC(=O)C(S)C(C)C)CC1. The van der Waals surface area contributed by atoms with Crippen LogP contribution in [-0.2, 0) is 4.79 Å². The molecule has 82 valence electrons. The fourth-order valence-electron chi connectivity index (χ4n) is 1.25. The highest BCUT2D eigenvalue weighted by Crippen LogP contribution is 2.46. The molecule has 0 bridgehead atoms. The zero-order chi connectivity index (χ0) is 10.8. The van der Waals surface area contributed by atoms with Gasteiger partial charge >= 0.3 is 0 Å². The maximum Gasteiger partial charge on any atom is 0.233 e. The first-order chi connectivity index (χ1) is 6.51. The molecule has 1 rings (SSSR count). The van der Waals surface area contributed by atoms with Crippen LogP contribution in [0.15, 0.2) is 0 Å². The van der Waals surface area contributed by atoms with E-state index < -0.39 is 0 Å². The Morgan fingerprint density at radius 3 is 2.50 bits per heavy atom. The molecule has 1 atom stereocenters. The molecule has 0 heterocycles. The molecule has 0 spiro atoms. The molecule has 14 heavy (non-hydrogen) atoms. The van der Waals surface area contributed by atoms with E-state index in [1.165, 1.54) is 12.8 Å². The van der Waals surface area contributed by atoms with Gasteiger partial charge in [0.2, 0.25) is 5.91 Å². The van der Waals surface area contributed by atoms with E-state index in [0.717, 1.165) is 6.54 Å². The molecular formula is C10H19NOS2. The van der Waals surface area contributed by atoms with Gasteiger partial charge in [0.05, 0.1) is 5.25 Å². The second-order valence-corrected chi connectivity index (χ2v) is 6.12. The van der Waals surface area contributed by atoms with Crippen molar-refractivity contribution in [2.45, 2.75) is 36.7 Å². The van der Waals surface area contributed by atoms with Crippen LogP contribution in [0.5, 0.6) is 0 Å². The molecule has 0 saturated heterocycles. The van der Waals surface area contributed by atoms with Crippen molar-refractivity contribution in [3.63, 3.8) is 0 Å². The van der Waals surface area contributed by atoms with Crippen LogP contribution in [0, 0.1) is 5.92 Å². The van der Waals surface area contributed by atoms with Gasteiger partial charge in [0.15, 0.2) is 0 Å². The Hall–Kier alpha value is 0.170. The predicted molar refractivity (Wildman–Crippen MR) is 66.1 cm³/mol. The highest BCUT2D eigenvalue weighted by atomic mass is 32.2. The molecular weight excluding hydrogens is 214 g/mol. The Morgan fingerprint density at radius 1 is 1.57 bits per heavy atom. The summed E-state index contributed by atoms with van der Waals surface area (Å²) in [4.78, 5) is 11.6. The minimum absolute atomic E-state index is 0.0728. The number of thioether (sulfide) groups is 1. The molecule has 1 unspecified atom stereocenters. The van der Waals surface area contributed by atoms with Crippen LogP contribution >= 0.6 is 24.4 Å². The molecule has 0 aliphatic heterocycles. The lowest BCUT2D eigenvalue weighted by Crippen LogP contribution is -2.38. The third kappa shape index (κ3) is 3.09. The van der Waals surface area contributed by atoms with Crippen molar-refractivity contribution in [1.82, 2.24) is 5.32 Å². The molecule has 1 aliphatic rings. The van der Waals surface area contributed by atoms with Gasteiger partial charge in [-0.05, 0) is 25.0 Å². The van der Waals surface area contributed by atoms with Crippen molar-refractivity contribution in [3.8, 4) is 0 Å². The summed E-state index contributed by atoms with van der Waals surface area (Å²) in [5.41, 5.74) is 0. The number of nitrogens with one attached hydrogen (secondary N) is 1. The van der Waals surface area contributed by atoms with Crippen LogP contribution in [0.4, 0.5) is 0 Å². The Labute approximate surface area is 96.0 Å². The van der Waals surface area contributed by atoms with Crippen LogP contribution in [-0.4, -0.2) is 28.7 Å². The number of amides is 1. The lowest BCUT2D eigenvalue weighted by atomic mass is 10.1. The third-order valence-electron chi connectivity index (χ3n) is 2.73. The maximum absolute atomic E-state index is 11.6. The van der Waals surface area contributed by atoms with E-state index in [9.17, 15) is 4.79 Å². The van der Waals surface area contributed by atoms with Crippen LogP contribution in [0.2, 0.25) is 0 Å². The Balaban J connectivity index is 2.28. The fourth-order valence-corrected chi connectivity index (χ4v) is 2.07. The molecule has 1 amide bonds. The molecule has 0 aromatic heterocycles. The summed E-state index contributed by atoms with van der Waals surface area (Å²) < 4.78 is 0.347. The third-order valence-corrected chi connectivity index (χ3v) is 4.97. The molecule has 1 N–H and O–H groups in total. The Bertz CT molecular complexity index is 214. The van der Waals surface area contributed by atoms with Crippen LogP contribution in [0.25, 0.3) is 0 Å². The number of thiol groups is 1. The lowest BCUT2D eigenvalue weighted by molar-refractivity contribution is -0.121. The van der Waals surface area contributed by atoms with Gasteiger partial charge in [-0.1, -0.05) is 13.8 Å². The quantitative estimate of drug-likeness (QED) is 0.711. The van der Waals surface area contributed by atoms with Crippen molar-refractivity contribution in [1.29, 1.82) is 0 Å². The summed E-state index contributed by atoms with van der Waals surface area (Å²) in [7, 11) is 0. The highest BCUT2D eigenvalue weighted by molar-refractivity contribution is 8.00. The van der Waals surface area contributed by atoms with Gasteiger partial charge in [-0.2, -0.15) is 24.4 Å². The first kappa shape index (κ1) is 12.2. The summed E-state index contributed by atoms with van der Waals surface area (Å²) in [6.45, 7) is 4.83.